The molecule has 0 N–H and O–H groups in total. The first-order chi connectivity index (χ1) is 6.00. The predicted molar refractivity (Wildman–Crippen MR) is 53.9 cm³/mol. The van der Waals surface area contributed by atoms with Crippen LogP contribution in [0.1, 0.15) is 64.2 Å². The predicted octanol–water partition coefficient (Wildman–Crippen LogP) is 3.90. The maximum absolute atomic E-state index is 3.25. The van der Waals surface area contributed by atoms with E-state index >= 15 is 0 Å². The van der Waals surface area contributed by atoms with Gasteiger partial charge in [-0.2, -0.15) is 0 Å². The summed E-state index contributed by atoms with van der Waals surface area (Å²) in [7, 11) is 0. The van der Waals surface area contributed by atoms with Crippen LogP contribution in [0.25, 0.3) is 0 Å². The Hall–Kier alpha value is -0.440. The molecule has 1 aliphatic rings. The van der Waals surface area contributed by atoms with E-state index in [2.05, 4.69) is 11.8 Å². The zero-order chi connectivity index (χ0) is 8.49. The first kappa shape index (κ1) is 9.65. The van der Waals surface area contributed by atoms with E-state index < -0.39 is 0 Å². The van der Waals surface area contributed by atoms with E-state index in [-0.39, 0.29) is 0 Å². The highest BCUT2D eigenvalue weighted by atomic mass is 14.0. The number of hydrogen-bond donors (Lipinski definition) is 0. The zero-order valence-corrected chi connectivity index (χ0v) is 8.07. The van der Waals surface area contributed by atoms with Crippen molar-refractivity contribution in [1.82, 2.24) is 0 Å². The number of hydrogen-bond acceptors (Lipinski definition) is 0. The van der Waals surface area contributed by atoms with Gasteiger partial charge in [0, 0.05) is 12.8 Å². The van der Waals surface area contributed by atoms with Gasteiger partial charge in [-0.15, -0.1) is 11.8 Å². The van der Waals surface area contributed by atoms with Crippen LogP contribution >= 0.6 is 0 Å². The molecule has 0 saturated heterocycles. The molecule has 0 radical (unpaired) electrons. The van der Waals surface area contributed by atoms with Crippen LogP contribution in [0.5, 0.6) is 0 Å². The van der Waals surface area contributed by atoms with Gasteiger partial charge >= 0.3 is 0 Å². The van der Waals surface area contributed by atoms with Gasteiger partial charge in [0.15, 0.2) is 0 Å². The van der Waals surface area contributed by atoms with Gasteiger partial charge in [0.1, 0.15) is 0 Å². The van der Waals surface area contributed by atoms with Crippen molar-refractivity contribution >= 4 is 0 Å². The van der Waals surface area contributed by atoms with Crippen LogP contribution in [0.2, 0.25) is 0 Å². The summed E-state index contributed by atoms with van der Waals surface area (Å²) in [6.07, 6.45) is 13.5. The second-order valence-electron chi connectivity index (χ2n) is 3.68. The molecular weight excluding hydrogens is 144 g/mol. The third-order valence-corrected chi connectivity index (χ3v) is 2.48. The van der Waals surface area contributed by atoms with Crippen LogP contribution in [0.3, 0.4) is 0 Å². The highest BCUT2D eigenvalue weighted by molar-refractivity contribution is 4.98. The van der Waals surface area contributed by atoms with Crippen molar-refractivity contribution in [2.45, 2.75) is 64.2 Å². The van der Waals surface area contributed by atoms with Gasteiger partial charge in [0.05, 0.1) is 0 Å². The summed E-state index contributed by atoms with van der Waals surface area (Å²) in [5, 5.41) is 0. The minimum atomic E-state index is 1.14. The molecule has 0 aromatic carbocycles. The fourth-order valence-corrected chi connectivity index (χ4v) is 1.66. The summed E-state index contributed by atoms with van der Waals surface area (Å²) in [4.78, 5) is 0. The first-order valence-electron chi connectivity index (χ1n) is 5.46. The first-order valence-corrected chi connectivity index (χ1v) is 5.46. The molecule has 68 valence electrons. The van der Waals surface area contributed by atoms with E-state index in [1.54, 1.807) is 0 Å². The average Bonchev–Trinajstić information content (AvgIpc) is 2.05. The monoisotopic (exact) mass is 164 g/mol. The molecule has 0 aromatic rings. The molecule has 0 amide bonds. The third kappa shape index (κ3) is 5.24. The van der Waals surface area contributed by atoms with E-state index in [4.69, 9.17) is 0 Å². The van der Waals surface area contributed by atoms with Crippen molar-refractivity contribution in [3.8, 4) is 11.8 Å². The Balaban J connectivity index is 2.14. The average molecular weight is 164 g/mol. The summed E-state index contributed by atoms with van der Waals surface area (Å²) >= 11 is 0. The third-order valence-electron chi connectivity index (χ3n) is 2.48. The molecule has 0 nitrogen and oxygen atoms in total. The Morgan fingerprint density at radius 1 is 0.417 bits per heavy atom. The molecule has 12 heavy (non-hydrogen) atoms. The second kappa shape index (κ2) is 7.22. The second-order valence-corrected chi connectivity index (χ2v) is 3.68. The lowest BCUT2D eigenvalue weighted by Gasteiger charge is -2.01. The van der Waals surface area contributed by atoms with Gasteiger partial charge in [-0.25, -0.2) is 0 Å². The highest BCUT2D eigenvalue weighted by Crippen LogP contribution is 2.11. The molecular formula is C12H20. The van der Waals surface area contributed by atoms with Crippen molar-refractivity contribution in [3.05, 3.63) is 0 Å². The quantitative estimate of drug-likeness (QED) is 0.476. The minimum Gasteiger partial charge on any atom is -0.103 e. The van der Waals surface area contributed by atoms with E-state index in [0.29, 0.717) is 0 Å². The Morgan fingerprint density at radius 3 is 1.17 bits per heavy atom. The van der Waals surface area contributed by atoms with Crippen molar-refractivity contribution in [1.29, 1.82) is 0 Å². The van der Waals surface area contributed by atoms with Gasteiger partial charge in [0.2, 0.25) is 0 Å². The van der Waals surface area contributed by atoms with Gasteiger partial charge in [-0.05, 0) is 12.8 Å². The van der Waals surface area contributed by atoms with Crippen LogP contribution in [0.4, 0.5) is 0 Å². The van der Waals surface area contributed by atoms with Gasteiger partial charge in [-0.1, -0.05) is 38.5 Å². The molecule has 0 saturated carbocycles. The zero-order valence-electron chi connectivity index (χ0n) is 8.07. The maximum atomic E-state index is 3.25. The standard InChI is InChI=1S/C12H20/c1-2-4-6-8-10-12-11-9-7-5-3-1/h1-10H2. The summed E-state index contributed by atoms with van der Waals surface area (Å²) in [6, 6.07) is 0. The topological polar surface area (TPSA) is 0 Å². The molecule has 1 aliphatic carbocycles. The Kier molecular flexibility index (Phi) is 5.81. The summed E-state index contributed by atoms with van der Waals surface area (Å²) in [5.74, 6) is 6.51. The number of rotatable bonds is 0. The largest absolute Gasteiger partial charge is 0.103 e. The lowest BCUT2D eigenvalue weighted by atomic mass is 10.1. The normalized spacial score (nSPS) is 21.3. The molecule has 0 unspecified atom stereocenters. The molecule has 0 heteroatoms. The van der Waals surface area contributed by atoms with E-state index in [1.165, 1.54) is 51.4 Å². The fourth-order valence-electron chi connectivity index (χ4n) is 1.66. The molecule has 0 bridgehead atoms. The molecule has 0 spiro atoms. The van der Waals surface area contributed by atoms with Crippen molar-refractivity contribution in [3.63, 3.8) is 0 Å². The molecule has 1 rings (SSSR count). The summed E-state index contributed by atoms with van der Waals surface area (Å²) < 4.78 is 0. The molecule has 0 heterocycles. The summed E-state index contributed by atoms with van der Waals surface area (Å²) in [6.45, 7) is 0. The van der Waals surface area contributed by atoms with Crippen LogP contribution in [-0.2, 0) is 0 Å². The lowest BCUT2D eigenvalue weighted by Crippen LogP contribution is -1.82. The van der Waals surface area contributed by atoms with Crippen LogP contribution in [0, 0.1) is 11.8 Å². The van der Waals surface area contributed by atoms with E-state index in [0.717, 1.165) is 12.8 Å². The van der Waals surface area contributed by atoms with Crippen LogP contribution in [-0.4, -0.2) is 0 Å². The fraction of sp³-hybridized carbons (Fsp3) is 0.833. The maximum Gasteiger partial charge on any atom is 0.00886 e. The van der Waals surface area contributed by atoms with E-state index in [9.17, 15) is 0 Å². The highest BCUT2D eigenvalue weighted by Gasteiger charge is 1.92. The van der Waals surface area contributed by atoms with Crippen molar-refractivity contribution in [2.75, 3.05) is 0 Å². The SMILES string of the molecule is C1#CCCCCCCCCCC1. The van der Waals surface area contributed by atoms with Crippen LogP contribution < -0.4 is 0 Å². The Labute approximate surface area is 76.7 Å². The molecule has 0 aromatic heterocycles. The lowest BCUT2D eigenvalue weighted by molar-refractivity contribution is 0.571. The van der Waals surface area contributed by atoms with Gasteiger partial charge in [0.25, 0.3) is 0 Å². The van der Waals surface area contributed by atoms with Gasteiger partial charge < -0.3 is 0 Å². The van der Waals surface area contributed by atoms with Crippen molar-refractivity contribution in [2.24, 2.45) is 0 Å². The molecule has 0 aliphatic heterocycles. The minimum absolute atomic E-state index is 1.14. The van der Waals surface area contributed by atoms with Crippen molar-refractivity contribution < 1.29 is 0 Å². The van der Waals surface area contributed by atoms with E-state index in [1.807, 2.05) is 0 Å². The van der Waals surface area contributed by atoms with Crippen LogP contribution in [0.15, 0.2) is 0 Å². The summed E-state index contributed by atoms with van der Waals surface area (Å²) in [5.41, 5.74) is 0. The Bertz CT molecular complexity index is 131. The molecule has 0 fully saturated rings. The molecule has 0 atom stereocenters. The van der Waals surface area contributed by atoms with Gasteiger partial charge in [-0.3, -0.25) is 0 Å². The Morgan fingerprint density at radius 2 is 0.750 bits per heavy atom. The smallest absolute Gasteiger partial charge is 0.00886 e.